The highest BCUT2D eigenvalue weighted by Gasteiger charge is 2.57. The zero-order valence-corrected chi connectivity index (χ0v) is 26.4. The van der Waals surface area contributed by atoms with E-state index in [2.05, 4.69) is 36.6 Å². The molecule has 3 fully saturated rings. The molecule has 3 aliphatic rings. The molecule has 2 aromatic heterocycles. The molecular formula is C28H30F2N7O7PS. The van der Waals surface area contributed by atoms with Crippen molar-refractivity contribution in [2.45, 2.75) is 37.6 Å². The van der Waals surface area contributed by atoms with Gasteiger partial charge in [0.2, 0.25) is 5.91 Å². The van der Waals surface area contributed by atoms with E-state index in [0.717, 1.165) is 25.1 Å². The Bertz CT molecular complexity index is 1700. The number of aliphatic imine (C=N–C) groups is 1. The summed E-state index contributed by atoms with van der Waals surface area (Å²) in [6.45, 7) is 0.0216. The molecule has 46 heavy (non-hydrogen) atoms. The number of halogens is 2. The molecule has 0 atom stereocenters. The van der Waals surface area contributed by atoms with Crippen LogP contribution in [0.4, 0.5) is 14.6 Å². The zero-order valence-electron chi connectivity index (χ0n) is 24.7. The SMILES string of the molecule is COc1cnc(C(F)F)cc1-c1cc(N2CCN(C)C3(CC3)C2=O)ncc1C(=O)NC(=NCOP(=O)(O)O)SC(=N)C#CC1CC1. The molecule has 0 radical (unpaired) electrons. The molecule has 1 aliphatic heterocycles. The lowest BCUT2D eigenvalue weighted by Gasteiger charge is -2.38. The van der Waals surface area contributed by atoms with Gasteiger partial charge in [-0.15, -0.1) is 0 Å². The molecule has 2 saturated carbocycles. The van der Waals surface area contributed by atoms with E-state index in [-0.39, 0.29) is 50.3 Å². The lowest BCUT2D eigenvalue weighted by molar-refractivity contribution is -0.126. The summed E-state index contributed by atoms with van der Waals surface area (Å²) < 4.78 is 48.5. The summed E-state index contributed by atoms with van der Waals surface area (Å²) in [6, 6.07) is 2.51. The van der Waals surface area contributed by atoms with Crippen molar-refractivity contribution < 1.29 is 42.0 Å². The quantitative estimate of drug-likeness (QED) is 0.139. The number of rotatable bonds is 8. The van der Waals surface area contributed by atoms with Crippen LogP contribution in [0.25, 0.3) is 11.1 Å². The number of hydrogen-bond acceptors (Lipinski definition) is 11. The van der Waals surface area contributed by atoms with Crippen molar-refractivity contribution >= 4 is 47.4 Å². The highest BCUT2D eigenvalue weighted by Crippen LogP contribution is 2.45. The van der Waals surface area contributed by atoms with Gasteiger partial charge in [0, 0.05) is 36.3 Å². The van der Waals surface area contributed by atoms with E-state index >= 15 is 0 Å². The van der Waals surface area contributed by atoms with Gasteiger partial charge in [0.25, 0.3) is 12.3 Å². The molecule has 3 heterocycles. The van der Waals surface area contributed by atoms with E-state index in [1.54, 1.807) is 0 Å². The minimum atomic E-state index is -4.91. The first kappa shape index (κ1) is 33.6. The Kier molecular flexibility index (Phi) is 9.87. The van der Waals surface area contributed by atoms with Crippen LogP contribution in [0.2, 0.25) is 0 Å². The van der Waals surface area contributed by atoms with E-state index in [4.69, 9.17) is 19.9 Å². The molecular weight excluding hydrogens is 647 g/mol. The minimum Gasteiger partial charge on any atom is -0.494 e. The molecule has 0 aromatic carbocycles. The number of nitrogens with zero attached hydrogens (tertiary/aromatic N) is 5. The van der Waals surface area contributed by atoms with Gasteiger partial charge < -0.3 is 19.8 Å². The fourth-order valence-electron chi connectivity index (χ4n) is 4.80. The van der Waals surface area contributed by atoms with Gasteiger partial charge in [-0.25, -0.2) is 23.3 Å². The Balaban J connectivity index is 1.53. The number of piperazine rings is 1. The Labute approximate surface area is 266 Å². The van der Waals surface area contributed by atoms with Crippen molar-refractivity contribution in [1.82, 2.24) is 20.2 Å². The molecule has 0 bridgehead atoms. The second kappa shape index (κ2) is 13.5. The first-order valence-electron chi connectivity index (χ1n) is 14.0. The Morgan fingerprint density at radius 1 is 1.26 bits per heavy atom. The van der Waals surface area contributed by atoms with Crippen LogP contribution in [0, 0.1) is 23.2 Å². The number of anilines is 1. The van der Waals surface area contributed by atoms with Gasteiger partial charge in [-0.05, 0) is 62.5 Å². The molecule has 18 heteroatoms. The number of nitrogens with one attached hydrogen (secondary N) is 2. The number of aromatic nitrogens is 2. The maximum absolute atomic E-state index is 13.8. The third-order valence-corrected chi connectivity index (χ3v) is 8.79. The van der Waals surface area contributed by atoms with Gasteiger partial charge in [0.1, 0.15) is 27.8 Å². The molecule has 1 saturated heterocycles. The first-order valence-corrected chi connectivity index (χ1v) is 16.4. The lowest BCUT2D eigenvalue weighted by Crippen LogP contribution is -2.57. The molecule has 2 aromatic rings. The number of carbonyl (C=O) groups is 2. The Hall–Kier alpha value is -3.78. The summed E-state index contributed by atoms with van der Waals surface area (Å²) in [4.78, 5) is 60.9. The number of phosphoric ester groups is 1. The number of ether oxygens (including phenoxy) is 1. The second-order valence-corrected chi connectivity index (χ2v) is 13.0. The number of likely N-dealkylation sites (N-methyl/N-ethyl adjacent to an activating group) is 1. The monoisotopic (exact) mass is 677 g/mol. The number of methoxy groups -OCH3 is 1. The highest BCUT2D eigenvalue weighted by molar-refractivity contribution is 8.27. The van der Waals surface area contributed by atoms with Gasteiger partial charge in [-0.3, -0.25) is 34.3 Å². The van der Waals surface area contributed by atoms with Crippen molar-refractivity contribution in [3.05, 3.63) is 35.8 Å². The van der Waals surface area contributed by atoms with Gasteiger partial charge >= 0.3 is 7.82 Å². The van der Waals surface area contributed by atoms with E-state index in [0.29, 0.717) is 37.7 Å². The summed E-state index contributed by atoms with van der Waals surface area (Å²) in [7, 11) is -1.72. The molecule has 14 nitrogen and oxygen atoms in total. The number of pyridine rings is 2. The third-order valence-electron chi connectivity index (χ3n) is 7.61. The van der Waals surface area contributed by atoms with Crippen LogP contribution in [-0.4, -0.2) is 86.2 Å². The van der Waals surface area contributed by atoms with Gasteiger partial charge in [-0.2, -0.15) is 0 Å². The van der Waals surface area contributed by atoms with Crippen LogP contribution in [0.1, 0.15) is 48.2 Å². The van der Waals surface area contributed by atoms with Crippen LogP contribution in [0.3, 0.4) is 0 Å². The molecule has 0 unspecified atom stereocenters. The normalized spacial score (nSPS) is 17.9. The third kappa shape index (κ3) is 7.77. The van der Waals surface area contributed by atoms with Crippen LogP contribution < -0.4 is 15.0 Å². The van der Waals surface area contributed by atoms with E-state index < -0.39 is 38.1 Å². The van der Waals surface area contributed by atoms with Crippen molar-refractivity contribution in [3.8, 4) is 28.7 Å². The molecule has 5 rings (SSSR count). The lowest BCUT2D eigenvalue weighted by atomic mass is 9.99. The standard InChI is InChI=1S/C28H30F2N7O7PS/c1-36-9-10-37(26(39)28(36)7-8-28)23-12-17(18-11-20(24(29)30)32-14-21(18)43-2)19(13-33-23)25(38)35-27(34-15-44-45(40,41)42)46-22(31)6-5-16-3-4-16/h11-14,16,24,31H,3-4,7-10,15H2,1-2H3,(H,34,35,38)(H2,40,41,42). The topological polar surface area (TPSA) is 191 Å². The van der Waals surface area contributed by atoms with Crippen molar-refractivity contribution in [3.63, 3.8) is 0 Å². The highest BCUT2D eigenvalue weighted by atomic mass is 32.2. The predicted octanol–water partition coefficient (Wildman–Crippen LogP) is 3.18. The number of phosphoric acid groups is 1. The second-order valence-electron chi connectivity index (χ2n) is 10.7. The van der Waals surface area contributed by atoms with Gasteiger partial charge in [-0.1, -0.05) is 5.92 Å². The smallest absolute Gasteiger partial charge is 0.471 e. The van der Waals surface area contributed by atoms with Crippen molar-refractivity contribution in [2.24, 2.45) is 10.9 Å². The summed E-state index contributed by atoms with van der Waals surface area (Å²) >= 11 is 0.620. The average molecular weight is 678 g/mol. The first-order chi connectivity index (χ1) is 21.8. The van der Waals surface area contributed by atoms with Crippen LogP contribution in [0.5, 0.6) is 5.75 Å². The molecule has 244 valence electrons. The maximum Gasteiger partial charge on any atom is 0.471 e. The fourth-order valence-corrected chi connectivity index (χ4v) is 5.57. The number of alkyl halides is 2. The number of hydrogen-bond donors (Lipinski definition) is 4. The molecule has 4 N–H and O–H groups in total. The molecule has 2 aliphatic carbocycles. The Morgan fingerprint density at radius 2 is 2.00 bits per heavy atom. The van der Waals surface area contributed by atoms with E-state index in [1.165, 1.54) is 24.3 Å². The van der Waals surface area contributed by atoms with Crippen LogP contribution in [0.15, 0.2) is 29.5 Å². The number of carbonyl (C=O) groups excluding carboxylic acids is 2. The summed E-state index contributed by atoms with van der Waals surface area (Å²) in [5.74, 6) is 4.96. The van der Waals surface area contributed by atoms with Crippen molar-refractivity contribution in [2.75, 3.05) is 38.9 Å². The van der Waals surface area contributed by atoms with E-state index in [1.807, 2.05) is 11.9 Å². The van der Waals surface area contributed by atoms with Gasteiger partial charge in [0.15, 0.2) is 11.9 Å². The molecule has 2 amide bonds. The van der Waals surface area contributed by atoms with Crippen LogP contribution in [-0.2, 0) is 13.9 Å². The minimum absolute atomic E-state index is 0.0643. The fraction of sp³-hybridized carbons (Fsp3) is 0.429. The summed E-state index contributed by atoms with van der Waals surface area (Å²) in [5, 5.41) is 10.2. The maximum atomic E-state index is 13.8. The predicted molar refractivity (Wildman–Crippen MR) is 165 cm³/mol. The van der Waals surface area contributed by atoms with E-state index in [9.17, 15) is 22.9 Å². The number of amidine groups is 1. The summed E-state index contributed by atoms with van der Waals surface area (Å²) in [5.41, 5.74) is -1.19. The Morgan fingerprint density at radius 3 is 2.63 bits per heavy atom. The number of amides is 2. The molecule has 1 spiro atoms. The van der Waals surface area contributed by atoms with Gasteiger partial charge in [0.05, 0.1) is 18.9 Å². The largest absolute Gasteiger partial charge is 0.494 e. The summed E-state index contributed by atoms with van der Waals surface area (Å²) in [6.07, 6.45) is 2.54. The van der Waals surface area contributed by atoms with Crippen LogP contribution >= 0.6 is 19.6 Å². The number of thioether (sulfide) groups is 1. The zero-order chi connectivity index (χ0) is 33.2. The average Bonchev–Trinajstić information content (AvgIpc) is 3.94. The van der Waals surface area contributed by atoms with Crippen molar-refractivity contribution in [1.29, 1.82) is 5.41 Å².